The van der Waals surface area contributed by atoms with E-state index in [0.717, 1.165) is 0 Å². The van der Waals surface area contributed by atoms with E-state index >= 15 is 0 Å². The van der Waals surface area contributed by atoms with Gasteiger partial charge in [0.15, 0.2) is 5.76 Å². The first-order chi connectivity index (χ1) is 19.0. The monoisotopic (exact) mass is 557 g/mol. The van der Waals surface area contributed by atoms with Crippen molar-refractivity contribution in [3.8, 4) is 0 Å². The highest BCUT2D eigenvalue weighted by molar-refractivity contribution is 5.93. The highest BCUT2D eigenvalue weighted by Gasteiger charge is 2.42. The number of nitrogens with zero attached hydrogens (tertiary/aromatic N) is 3. The third kappa shape index (κ3) is 6.33. The molecular formula is C26H31N5O9. The number of aromatic nitrogens is 1. The number of furan rings is 1. The summed E-state index contributed by atoms with van der Waals surface area (Å²) in [7, 11) is 1.71. The highest BCUT2D eigenvalue weighted by Crippen LogP contribution is 2.23. The Morgan fingerprint density at radius 2 is 1.40 bits per heavy atom. The van der Waals surface area contributed by atoms with Gasteiger partial charge in [-0.25, -0.2) is 9.59 Å². The first-order valence-electron chi connectivity index (χ1n) is 12.9. The minimum absolute atomic E-state index is 0.00801. The van der Waals surface area contributed by atoms with Crippen molar-refractivity contribution in [2.24, 2.45) is 7.05 Å². The maximum atomic E-state index is 12.9. The van der Waals surface area contributed by atoms with Gasteiger partial charge in [-0.05, 0) is 30.7 Å². The summed E-state index contributed by atoms with van der Waals surface area (Å²) in [6, 6.07) is 2.96. The highest BCUT2D eigenvalue weighted by atomic mass is 16.4. The molecule has 40 heavy (non-hydrogen) atoms. The van der Waals surface area contributed by atoms with E-state index in [9.17, 15) is 39.0 Å². The molecule has 4 N–H and O–H groups in total. The lowest BCUT2D eigenvalue weighted by Crippen LogP contribution is -2.42. The van der Waals surface area contributed by atoms with Crippen LogP contribution in [0.1, 0.15) is 53.1 Å². The van der Waals surface area contributed by atoms with Crippen molar-refractivity contribution in [3.05, 3.63) is 48.2 Å². The van der Waals surface area contributed by atoms with Gasteiger partial charge in [0.2, 0.25) is 11.8 Å². The zero-order valence-corrected chi connectivity index (χ0v) is 21.8. The first-order valence-corrected chi connectivity index (χ1v) is 12.9. The van der Waals surface area contributed by atoms with Gasteiger partial charge in [0.05, 0.1) is 6.26 Å². The lowest BCUT2D eigenvalue weighted by molar-refractivity contribution is -0.149. The Hall–Kier alpha value is -4.62. The van der Waals surface area contributed by atoms with Crippen molar-refractivity contribution in [3.63, 3.8) is 0 Å². The van der Waals surface area contributed by atoms with Gasteiger partial charge in [0, 0.05) is 64.1 Å². The average molecular weight is 558 g/mol. The lowest BCUT2D eigenvalue weighted by Gasteiger charge is -2.23. The summed E-state index contributed by atoms with van der Waals surface area (Å²) in [4.78, 5) is 76.5. The number of carboxylic acid groups (broad SMARTS) is 2. The molecule has 0 aliphatic carbocycles. The summed E-state index contributed by atoms with van der Waals surface area (Å²) in [5.41, 5.74) is 0.402. The van der Waals surface area contributed by atoms with E-state index in [2.05, 4.69) is 10.6 Å². The molecule has 0 bridgehead atoms. The molecule has 4 rings (SSSR count). The second-order valence-electron chi connectivity index (χ2n) is 9.95. The minimum atomic E-state index is -1.20. The first kappa shape index (κ1) is 28.4. The SMILES string of the molecule is Cn1cccc1C(=O)NC1CC(C(=O)O)N(C(=O)CCCC(=O)N2CC(NC(=O)c3ccco3)CC2C(=O)O)C1. The smallest absolute Gasteiger partial charge is 0.326 e. The summed E-state index contributed by atoms with van der Waals surface area (Å²) in [5, 5.41) is 24.7. The molecule has 0 saturated carbocycles. The van der Waals surface area contributed by atoms with E-state index in [-0.39, 0.29) is 56.9 Å². The molecule has 2 saturated heterocycles. The van der Waals surface area contributed by atoms with E-state index in [1.54, 1.807) is 36.0 Å². The largest absolute Gasteiger partial charge is 0.480 e. The number of likely N-dealkylation sites (tertiary alicyclic amines) is 2. The van der Waals surface area contributed by atoms with E-state index < -0.39 is 53.8 Å². The Bertz CT molecular complexity index is 1290. The third-order valence-corrected chi connectivity index (χ3v) is 7.19. The Kier molecular flexibility index (Phi) is 8.55. The van der Waals surface area contributed by atoms with Gasteiger partial charge in [-0.15, -0.1) is 0 Å². The summed E-state index contributed by atoms with van der Waals surface area (Å²) in [6.45, 7) is 0.0100. The van der Waals surface area contributed by atoms with Gasteiger partial charge >= 0.3 is 11.9 Å². The van der Waals surface area contributed by atoms with Crippen LogP contribution in [0.3, 0.4) is 0 Å². The van der Waals surface area contributed by atoms with Crippen LogP contribution in [0.4, 0.5) is 0 Å². The number of rotatable bonds is 10. The van der Waals surface area contributed by atoms with Crippen molar-refractivity contribution in [2.75, 3.05) is 13.1 Å². The number of carbonyl (C=O) groups excluding carboxylic acids is 4. The maximum absolute atomic E-state index is 12.9. The molecule has 4 unspecified atom stereocenters. The van der Waals surface area contributed by atoms with Crippen molar-refractivity contribution < 1.29 is 43.4 Å². The van der Waals surface area contributed by atoms with Gasteiger partial charge in [-0.2, -0.15) is 0 Å². The number of nitrogens with one attached hydrogen (secondary N) is 2. The van der Waals surface area contributed by atoms with Crippen molar-refractivity contribution in [2.45, 2.75) is 56.3 Å². The van der Waals surface area contributed by atoms with Crippen LogP contribution < -0.4 is 10.6 Å². The zero-order chi connectivity index (χ0) is 29.0. The minimum Gasteiger partial charge on any atom is -0.480 e. The van der Waals surface area contributed by atoms with Gasteiger partial charge in [-0.1, -0.05) is 0 Å². The molecule has 0 aromatic carbocycles. The number of carboxylic acids is 2. The van der Waals surface area contributed by atoms with Crippen LogP contribution in [0.15, 0.2) is 41.1 Å². The Balaban J connectivity index is 1.29. The second kappa shape index (κ2) is 12.1. The number of aliphatic carboxylic acids is 2. The molecule has 2 aliphatic rings. The Labute approximate surface area is 228 Å². The van der Waals surface area contributed by atoms with E-state index in [0.29, 0.717) is 5.69 Å². The fraction of sp³-hybridized carbons (Fsp3) is 0.462. The normalized spacial score (nSPS) is 22.2. The van der Waals surface area contributed by atoms with Gasteiger partial charge in [-0.3, -0.25) is 19.2 Å². The van der Waals surface area contributed by atoms with Crippen LogP contribution in [-0.4, -0.2) is 97.4 Å². The number of hydrogen-bond acceptors (Lipinski definition) is 7. The Morgan fingerprint density at radius 1 is 0.850 bits per heavy atom. The molecule has 0 radical (unpaired) electrons. The standard InChI is InChI=1S/C26H31N5O9/c1-29-9-3-5-17(29)23(34)27-15-11-18(25(36)37)30(13-15)21(32)7-2-8-22(33)31-14-16(12-19(31)26(38)39)28-24(35)20-6-4-10-40-20/h3-6,9-10,15-16,18-19H,2,7-8,11-14H2,1H3,(H,27,34)(H,28,35)(H,36,37)(H,38,39). The quantitative estimate of drug-likeness (QED) is 0.313. The molecular weight excluding hydrogens is 526 g/mol. The van der Waals surface area contributed by atoms with Crippen LogP contribution in [0.2, 0.25) is 0 Å². The maximum Gasteiger partial charge on any atom is 0.326 e. The number of hydrogen-bond donors (Lipinski definition) is 4. The van der Waals surface area contributed by atoms with Crippen LogP contribution in [0.25, 0.3) is 0 Å². The predicted molar refractivity (Wildman–Crippen MR) is 136 cm³/mol. The molecule has 2 aromatic rings. The molecule has 2 fully saturated rings. The van der Waals surface area contributed by atoms with E-state index in [1.807, 2.05) is 0 Å². The summed E-state index contributed by atoms with van der Waals surface area (Å²) in [6.07, 6.45) is 2.94. The molecule has 4 heterocycles. The summed E-state index contributed by atoms with van der Waals surface area (Å²) >= 11 is 0. The molecule has 214 valence electrons. The zero-order valence-electron chi connectivity index (χ0n) is 21.8. The van der Waals surface area contributed by atoms with Crippen LogP contribution in [0.5, 0.6) is 0 Å². The summed E-state index contributed by atoms with van der Waals surface area (Å²) in [5.74, 6) is -4.18. The Morgan fingerprint density at radius 3 is 1.85 bits per heavy atom. The molecule has 2 aromatic heterocycles. The lowest BCUT2D eigenvalue weighted by atomic mass is 10.1. The molecule has 14 nitrogen and oxygen atoms in total. The fourth-order valence-electron chi connectivity index (χ4n) is 5.20. The topological polar surface area (TPSA) is 191 Å². The van der Waals surface area contributed by atoms with Gasteiger partial charge in [0.25, 0.3) is 11.8 Å². The molecule has 0 spiro atoms. The van der Waals surface area contributed by atoms with Gasteiger partial charge in [0.1, 0.15) is 17.8 Å². The predicted octanol–water partition coefficient (Wildman–Crippen LogP) is 0.0564. The van der Waals surface area contributed by atoms with Crippen LogP contribution in [-0.2, 0) is 26.2 Å². The van der Waals surface area contributed by atoms with Crippen molar-refractivity contribution in [1.29, 1.82) is 0 Å². The van der Waals surface area contributed by atoms with Crippen LogP contribution >= 0.6 is 0 Å². The van der Waals surface area contributed by atoms with Crippen molar-refractivity contribution >= 4 is 35.6 Å². The van der Waals surface area contributed by atoms with Gasteiger partial charge < -0.3 is 39.6 Å². The fourth-order valence-corrected chi connectivity index (χ4v) is 5.20. The van der Waals surface area contributed by atoms with Crippen molar-refractivity contribution in [1.82, 2.24) is 25.0 Å². The number of aryl methyl sites for hydroxylation is 1. The second-order valence-corrected chi connectivity index (χ2v) is 9.95. The molecule has 14 heteroatoms. The van der Waals surface area contributed by atoms with E-state index in [1.165, 1.54) is 22.1 Å². The molecule has 4 atom stereocenters. The summed E-state index contributed by atoms with van der Waals surface area (Å²) < 4.78 is 6.67. The van der Waals surface area contributed by atoms with E-state index in [4.69, 9.17) is 4.42 Å². The average Bonchev–Trinajstić information content (AvgIpc) is 3.69. The molecule has 4 amide bonds. The third-order valence-electron chi connectivity index (χ3n) is 7.19. The molecule has 2 aliphatic heterocycles. The number of amides is 4. The number of carbonyl (C=O) groups is 6. The van der Waals surface area contributed by atoms with Crippen LogP contribution in [0, 0.1) is 0 Å².